The van der Waals surface area contributed by atoms with Gasteiger partial charge in [0.25, 0.3) is 7.82 Å². The highest BCUT2D eigenvalue weighted by Crippen LogP contribution is 2.38. The molecule has 0 spiro atoms. The second kappa shape index (κ2) is 55.5. The lowest BCUT2D eigenvalue weighted by molar-refractivity contribution is -0.870. The summed E-state index contributed by atoms with van der Waals surface area (Å²) < 4.78 is 30.2. The van der Waals surface area contributed by atoms with Gasteiger partial charge in [0.15, 0.2) is 0 Å². The molecule has 0 aliphatic heterocycles. The minimum Gasteiger partial charge on any atom is -0.756 e. The summed E-state index contributed by atoms with van der Waals surface area (Å²) in [5.41, 5.74) is 0. The molecule has 0 radical (unpaired) electrons. The van der Waals surface area contributed by atoms with E-state index in [0.29, 0.717) is 23.9 Å². The van der Waals surface area contributed by atoms with Crippen molar-refractivity contribution in [2.45, 2.75) is 238 Å². The average molecular weight is 1090 g/mol. The van der Waals surface area contributed by atoms with Crippen molar-refractivity contribution in [3.63, 3.8) is 0 Å². The first-order chi connectivity index (χ1) is 37.4. The highest BCUT2D eigenvalue weighted by molar-refractivity contribution is 7.45. The molecule has 1 N–H and O–H groups in total. The van der Waals surface area contributed by atoms with Gasteiger partial charge in [-0.05, 0) is 96.0 Å². The first kappa shape index (κ1) is 73.2. The van der Waals surface area contributed by atoms with Crippen molar-refractivity contribution >= 4 is 19.7 Å². The zero-order chi connectivity index (χ0) is 56.4. The zero-order valence-electron chi connectivity index (χ0n) is 49.9. The molecule has 3 atom stereocenters. The van der Waals surface area contributed by atoms with Crippen LogP contribution in [0.5, 0.6) is 0 Å². The lowest BCUT2D eigenvalue weighted by Gasteiger charge is -2.30. The smallest absolute Gasteiger partial charge is 0.306 e. The maximum absolute atomic E-state index is 13.5. The van der Waals surface area contributed by atoms with Crippen LogP contribution in [-0.2, 0) is 27.9 Å². The molecule has 1 amide bonds. The Labute approximate surface area is 473 Å². The molecular formula is C67H113N2O7P. The molecule has 0 aromatic rings. The van der Waals surface area contributed by atoms with Gasteiger partial charge in [-0.25, -0.2) is 0 Å². The van der Waals surface area contributed by atoms with Gasteiger partial charge in [0.2, 0.25) is 5.91 Å². The van der Waals surface area contributed by atoms with E-state index in [1.54, 1.807) is 0 Å². The van der Waals surface area contributed by atoms with Crippen molar-refractivity contribution in [3.05, 3.63) is 134 Å². The third-order valence-corrected chi connectivity index (χ3v) is 13.7. The number of unbranched alkanes of at least 4 members (excludes halogenated alkanes) is 22. The van der Waals surface area contributed by atoms with Crippen molar-refractivity contribution in [1.29, 1.82) is 0 Å². The van der Waals surface area contributed by atoms with E-state index in [1.165, 1.54) is 89.9 Å². The Hall–Kier alpha value is -3.85. The van der Waals surface area contributed by atoms with Gasteiger partial charge >= 0.3 is 5.97 Å². The van der Waals surface area contributed by atoms with Crippen molar-refractivity contribution in [1.82, 2.24) is 5.32 Å². The minimum atomic E-state index is -4.72. The lowest BCUT2D eigenvalue weighted by Crippen LogP contribution is -2.47. The highest BCUT2D eigenvalue weighted by atomic mass is 31.2. The van der Waals surface area contributed by atoms with Crippen molar-refractivity contribution < 1.29 is 37.3 Å². The maximum atomic E-state index is 13.5. The number of phosphoric ester groups is 1. The number of likely N-dealkylation sites (N-methyl/N-ethyl adjacent to an activating group) is 1. The Kier molecular flexibility index (Phi) is 52.7. The molecule has 0 bridgehead atoms. The molecule has 0 saturated heterocycles. The normalized spacial score (nSPS) is 14.6. The number of quaternary nitrogens is 1. The fraction of sp³-hybridized carbons (Fsp3) is 0.642. The van der Waals surface area contributed by atoms with E-state index in [1.807, 2.05) is 94.1 Å². The van der Waals surface area contributed by atoms with Crippen LogP contribution in [0, 0.1) is 0 Å². The van der Waals surface area contributed by atoms with E-state index in [9.17, 15) is 19.0 Å². The van der Waals surface area contributed by atoms with Gasteiger partial charge in [-0.15, -0.1) is 0 Å². The first-order valence-corrected chi connectivity index (χ1v) is 32.0. The SMILES string of the molecule is CC\C=C/C=C/C=C/C=C\C=C\C=C\CCCCCC(=O)NC(COP(=O)([O-])OCC[N+](C)(C)C)C(/C=C\CCCCCCCCCCC)OC(=O)CCCCCCCCC/C=C\C/C=C\C/C=C\C/C=C\CCCCC. The Bertz CT molecular complexity index is 1780. The third kappa shape index (κ3) is 56.7. The van der Waals surface area contributed by atoms with Crippen LogP contribution in [0.15, 0.2) is 134 Å². The van der Waals surface area contributed by atoms with Gasteiger partial charge < -0.3 is 28.5 Å². The van der Waals surface area contributed by atoms with Gasteiger partial charge in [-0.1, -0.05) is 251 Å². The number of allylic oxidation sites excluding steroid dienone is 21. The Morgan fingerprint density at radius 3 is 1.40 bits per heavy atom. The van der Waals surface area contributed by atoms with E-state index in [2.05, 4.69) is 86.8 Å². The summed E-state index contributed by atoms with van der Waals surface area (Å²) in [5, 5.41) is 2.99. The van der Waals surface area contributed by atoms with Crippen LogP contribution in [0.3, 0.4) is 0 Å². The van der Waals surface area contributed by atoms with Crippen LogP contribution in [0.2, 0.25) is 0 Å². The van der Waals surface area contributed by atoms with Crippen LogP contribution in [-0.4, -0.2) is 69.4 Å². The molecule has 0 heterocycles. The number of nitrogens with zero attached hydrogens (tertiary/aromatic N) is 1. The number of nitrogens with one attached hydrogen (secondary N) is 1. The summed E-state index contributed by atoms with van der Waals surface area (Å²) in [5.74, 6) is -0.616. The van der Waals surface area contributed by atoms with Crippen LogP contribution < -0.4 is 10.2 Å². The van der Waals surface area contributed by atoms with Gasteiger partial charge in [0.1, 0.15) is 19.3 Å². The maximum Gasteiger partial charge on any atom is 0.306 e. The summed E-state index contributed by atoms with van der Waals surface area (Å²) in [7, 11) is 1.12. The summed E-state index contributed by atoms with van der Waals surface area (Å²) in [6.07, 6.45) is 78.5. The summed E-state index contributed by atoms with van der Waals surface area (Å²) in [4.78, 5) is 39.9. The first-order valence-electron chi connectivity index (χ1n) is 30.6. The standard InChI is InChI=1S/C67H113N2O7P/c1-7-10-13-16-19-22-25-27-29-31-32-33-34-35-36-38-40-42-45-48-51-54-57-60-67(71)76-65(58-55-52-49-46-43-24-21-18-15-12-9-3)64(63-75-77(72,73)74-62-61-69(4,5)6)68-66(70)59-56-53-50-47-44-41-39-37-30-28-26-23-20-17-14-11-8-2/h11,14,17,19-20,22-23,26-30,32-33,35-37,39,41,44,55,58,64-65H,7-10,12-13,15-16,18,21,24-25,31,34,38,40,42-43,45-54,56-57,59-63H2,1-6H3,(H-,68,70,72,73)/b14-11-,20-17+,22-19-,26-23+,29-27-,30-28-,33-32-,36-35-,39-37+,44-41+,58-55-. The van der Waals surface area contributed by atoms with Gasteiger partial charge in [0, 0.05) is 12.8 Å². The summed E-state index contributed by atoms with van der Waals surface area (Å²) >= 11 is 0. The number of ether oxygens (including phenoxy) is 1. The topological polar surface area (TPSA) is 114 Å². The molecule has 0 aliphatic carbocycles. The van der Waals surface area contributed by atoms with Crippen molar-refractivity contribution in [3.8, 4) is 0 Å². The van der Waals surface area contributed by atoms with Crippen LogP contribution >= 0.6 is 7.82 Å². The molecule has 9 nitrogen and oxygen atoms in total. The number of phosphoric acid groups is 1. The van der Waals surface area contributed by atoms with Crippen LogP contribution in [0.4, 0.5) is 0 Å². The van der Waals surface area contributed by atoms with E-state index in [0.717, 1.165) is 89.9 Å². The molecule has 0 fully saturated rings. The number of hydrogen-bond donors (Lipinski definition) is 1. The van der Waals surface area contributed by atoms with E-state index in [4.69, 9.17) is 13.8 Å². The molecule has 0 aliphatic rings. The predicted octanol–water partition coefficient (Wildman–Crippen LogP) is 18.3. The Morgan fingerprint density at radius 1 is 0.481 bits per heavy atom. The number of hydrogen-bond acceptors (Lipinski definition) is 7. The summed E-state index contributed by atoms with van der Waals surface area (Å²) in [6.45, 7) is 6.59. The molecular weight excluding hydrogens is 976 g/mol. The van der Waals surface area contributed by atoms with Gasteiger partial charge in [-0.2, -0.15) is 0 Å². The molecule has 3 unspecified atom stereocenters. The summed E-state index contributed by atoms with van der Waals surface area (Å²) in [6, 6.07) is -0.926. The highest BCUT2D eigenvalue weighted by Gasteiger charge is 2.27. The van der Waals surface area contributed by atoms with Crippen LogP contribution in [0.25, 0.3) is 0 Å². The van der Waals surface area contributed by atoms with Gasteiger partial charge in [-0.3, -0.25) is 14.2 Å². The van der Waals surface area contributed by atoms with E-state index >= 15 is 0 Å². The molecule has 0 aromatic heterocycles. The van der Waals surface area contributed by atoms with Crippen molar-refractivity contribution in [2.75, 3.05) is 40.9 Å². The lowest BCUT2D eigenvalue weighted by atomic mass is 10.1. The number of amides is 1. The van der Waals surface area contributed by atoms with E-state index < -0.39 is 26.6 Å². The Balaban J connectivity index is 5.32. The largest absolute Gasteiger partial charge is 0.756 e. The average Bonchev–Trinajstić information content (AvgIpc) is 3.39. The second-order valence-corrected chi connectivity index (χ2v) is 22.7. The molecule has 77 heavy (non-hydrogen) atoms. The van der Waals surface area contributed by atoms with Crippen LogP contribution in [0.1, 0.15) is 226 Å². The zero-order valence-corrected chi connectivity index (χ0v) is 50.8. The fourth-order valence-corrected chi connectivity index (χ4v) is 8.73. The van der Waals surface area contributed by atoms with Crippen molar-refractivity contribution in [2.24, 2.45) is 0 Å². The second-order valence-electron chi connectivity index (χ2n) is 21.3. The van der Waals surface area contributed by atoms with E-state index in [-0.39, 0.29) is 31.3 Å². The number of rotatable bonds is 53. The third-order valence-electron chi connectivity index (χ3n) is 12.7. The predicted molar refractivity (Wildman–Crippen MR) is 330 cm³/mol. The molecule has 0 rings (SSSR count). The molecule has 0 aromatic carbocycles. The molecule has 438 valence electrons. The number of esters is 1. The van der Waals surface area contributed by atoms with Gasteiger partial charge in [0.05, 0.1) is 33.8 Å². The minimum absolute atomic E-state index is 0.0414. The number of carbonyl (C=O) groups is 2. The molecule has 10 heteroatoms. The monoisotopic (exact) mass is 1090 g/mol. The fourth-order valence-electron chi connectivity index (χ4n) is 8.01. The molecule has 0 saturated carbocycles. The Morgan fingerprint density at radius 2 is 0.883 bits per heavy atom. The quantitative estimate of drug-likeness (QED) is 0.0161. The number of carbonyl (C=O) groups excluding carboxylic acids is 2.